The summed E-state index contributed by atoms with van der Waals surface area (Å²) >= 11 is 3.43. The first-order valence-corrected chi connectivity index (χ1v) is 6.59. The molecule has 3 rings (SSSR count). The zero-order chi connectivity index (χ0) is 13.2. The van der Waals surface area contributed by atoms with Gasteiger partial charge in [0.05, 0.1) is 16.2 Å². The van der Waals surface area contributed by atoms with E-state index in [0.29, 0.717) is 17.2 Å². The molecule has 3 aromatic rings. The number of nitrogen functional groups attached to an aromatic ring is 1. The molecule has 0 amide bonds. The smallest absolute Gasteiger partial charge is 0.146 e. The quantitative estimate of drug-likeness (QED) is 0.714. The molecule has 0 unspecified atom stereocenters. The Bertz CT molecular complexity index is 743. The zero-order valence-corrected chi connectivity index (χ0v) is 11.6. The van der Waals surface area contributed by atoms with E-state index in [1.165, 1.54) is 0 Å². The van der Waals surface area contributed by atoms with Crippen molar-refractivity contribution in [2.75, 3.05) is 5.73 Å². The molecule has 0 aliphatic rings. The van der Waals surface area contributed by atoms with Gasteiger partial charge in [0.1, 0.15) is 11.5 Å². The van der Waals surface area contributed by atoms with Crippen molar-refractivity contribution in [3.63, 3.8) is 0 Å². The van der Waals surface area contributed by atoms with Gasteiger partial charge in [-0.1, -0.05) is 18.2 Å². The Morgan fingerprint density at radius 2 is 1.89 bits per heavy atom. The number of fused-ring (bicyclic) bond motifs is 1. The highest BCUT2D eigenvalue weighted by Gasteiger charge is 2.04. The molecule has 19 heavy (non-hydrogen) atoms. The average molecular weight is 315 g/mol. The molecule has 0 bridgehead atoms. The monoisotopic (exact) mass is 314 g/mol. The average Bonchev–Trinajstić information content (AvgIpc) is 2.42. The summed E-state index contributed by atoms with van der Waals surface area (Å²) in [7, 11) is 0. The predicted molar refractivity (Wildman–Crippen MR) is 80.4 cm³/mol. The van der Waals surface area contributed by atoms with E-state index in [2.05, 4.69) is 20.9 Å². The lowest BCUT2D eigenvalue weighted by Gasteiger charge is -2.08. The zero-order valence-electron chi connectivity index (χ0n) is 10.0. The van der Waals surface area contributed by atoms with Crippen molar-refractivity contribution in [1.82, 2.24) is 4.98 Å². The van der Waals surface area contributed by atoms with Gasteiger partial charge < -0.3 is 10.5 Å². The summed E-state index contributed by atoms with van der Waals surface area (Å²) < 4.78 is 6.63. The van der Waals surface area contributed by atoms with Gasteiger partial charge in [0, 0.05) is 11.1 Å². The van der Waals surface area contributed by atoms with E-state index in [-0.39, 0.29) is 0 Å². The van der Waals surface area contributed by atoms with Crippen LogP contribution in [0.2, 0.25) is 0 Å². The van der Waals surface area contributed by atoms with Gasteiger partial charge in [0.2, 0.25) is 0 Å². The summed E-state index contributed by atoms with van der Waals surface area (Å²) in [5.74, 6) is 1.41. The number of nitrogens with two attached hydrogens (primary N) is 1. The molecule has 0 spiro atoms. The Hall–Kier alpha value is -2.07. The fourth-order valence-corrected chi connectivity index (χ4v) is 2.31. The highest BCUT2D eigenvalue weighted by molar-refractivity contribution is 9.10. The lowest BCUT2D eigenvalue weighted by molar-refractivity contribution is 0.478. The van der Waals surface area contributed by atoms with Crippen LogP contribution in [0.25, 0.3) is 10.9 Å². The SMILES string of the molecule is Nc1ccc(Oc2cnc3ccccc3c2)c(Br)c1. The van der Waals surface area contributed by atoms with Crippen LogP contribution >= 0.6 is 15.9 Å². The lowest BCUT2D eigenvalue weighted by Crippen LogP contribution is -1.89. The number of halogens is 1. The van der Waals surface area contributed by atoms with Crippen LogP contribution in [0, 0.1) is 0 Å². The number of hydrogen-bond donors (Lipinski definition) is 1. The van der Waals surface area contributed by atoms with Crippen molar-refractivity contribution in [2.24, 2.45) is 0 Å². The molecule has 0 atom stereocenters. The van der Waals surface area contributed by atoms with Crippen LogP contribution in [0.5, 0.6) is 11.5 Å². The van der Waals surface area contributed by atoms with E-state index < -0.39 is 0 Å². The van der Waals surface area contributed by atoms with Crippen LogP contribution in [0.15, 0.2) is 59.2 Å². The topological polar surface area (TPSA) is 48.1 Å². The largest absolute Gasteiger partial charge is 0.455 e. The van der Waals surface area contributed by atoms with Crippen molar-refractivity contribution >= 4 is 32.5 Å². The molecular weight excluding hydrogens is 304 g/mol. The van der Waals surface area contributed by atoms with Gasteiger partial charge in [0.25, 0.3) is 0 Å². The molecule has 0 saturated heterocycles. The van der Waals surface area contributed by atoms with E-state index in [1.807, 2.05) is 42.5 Å². The summed E-state index contributed by atoms with van der Waals surface area (Å²) in [5, 5.41) is 1.05. The number of nitrogens with zero attached hydrogens (tertiary/aromatic N) is 1. The minimum Gasteiger partial charge on any atom is -0.455 e. The summed E-state index contributed by atoms with van der Waals surface area (Å²) in [6.07, 6.45) is 1.71. The highest BCUT2D eigenvalue weighted by atomic mass is 79.9. The van der Waals surface area contributed by atoms with Gasteiger partial charge >= 0.3 is 0 Å². The second-order valence-electron chi connectivity index (χ2n) is 4.16. The summed E-state index contributed by atoms with van der Waals surface area (Å²) in [6, 6.07) is 15.3. The van der Waals surface area contributed by atoms with E-state index in [4.69, 9.17) is 10.5 Å². The molecular formula is C15H11BrN2O. The molecule has 4 heteroatoms. The van der Waals surface area contributed by atoms with Gasteiger partial charge in [-0.25, -0.2) is 0 Å². The minimum absolute atomic E-state index is 0.691. The first kappa shape index (κ1) is 12.0. The second-order valence-corrected chi connectivity index (χ2v) is 5.01. The molecule has 0 aliphatic carbocycles. The molecule has 0 aliphatic heterocycles. The van der Waals surface area contributed by atoms with E-state index in [9.17, 15) is 0 Å². The molecule has 1 aromatic heterocycles. The summed E-state index contributed by atoms with van der Waals surface area (Å²) in [4.78, 5) is 4.36. The second kappa shape index (κ2) is 4.90. The molecule has 2 aromatic carbocycles. The maximum atomic E-state index is 5.81. The van der Waals surface area contributed by atoms with Crippen molar-refractivity contribution in [2.45, 2.75) is 0 Å². The standard InChI is InChI=1S/C15H11BrN2O/c16-13-8-11(17)5-6-15(13)19-12-7-10-3-1-2-4-14(10)18-9-12/h1-9H,17H2. The normalized spacial score (nSPS) is 10.6. The number of rotatable bonds is 2. The first-order chi connectivity index (χ1) is 9.22. The Morgan fingerprint density at radius 1 is 1.05 bits per heavy atom. The number of benzene rings is 2. The van der Waals surface area contributed by atoms with Gasteiger partial charge in [-0.3, -0.25) is 4.98 Å². The van der Waals surface area contributed by atoms with Gasteiger partial charge in [-0.2, -0.15) is 0 Å². The number of anilines is 1. The van der Waals surface area contributed by atoms with Crippen LogP contribution in [0.1, 0.15) is 0 Å². The van der Waals surface area contributed by atoms with Crippen molar-refractivity contribution < 1.29 is 4.74 Å². The van der Waals surface area contributed by atoms with Gasteiger partial charge in [0.15, 0.2) is 0 Å². The Morgan fingerprint density at radius 3 is 2.74 bits per heavy atom. The summed E-state index contributed by atoms with van der Waals surface area (Å²) in [5.41, 5.74) is 7.34. The third-order valence-corrected chi connectivity index (χ3v) is 3.37. The molecule has 0 fully saturated rings. The third kappa shape index (κ3) is 2.53. The van der Waals surface area contributed by atoms with Gasteiger partial charge in [-0.15, -0.1) is 0 Å². The number of aromatic nitrogens is 1. The molecule has 1 heterocycles. The van der Waals surface area contributed by atoms with Crippen molar-refractivity contribution in [1.29, 1.82) is 0 Å². The Kier molecular flexibility index (Phi) is 3.09. The fourth-order valence-electron chi connectivity index (χ4n) is 1.83. The first-order valence-electron chi connectivity index (χ1n) is 5.80. The third-order valence-electron chi connectivity index (χ3n) is 2.75. The number of pyridine rings is 1. The molecule has 3 nitrogen and oxygen atoms in total. The van der Waals surface area contributed by atoms with E-state index in [0.717, 1.165) is 15.4 Å². The van der Waals surface area contributed by atoms with Crippen molar-refractivity contribution in [3.05, 3.63) is 59.2 Å². The van der Waals surface area contributed by atoms with Crippen LogP contribution < -0.4 is 10.5 Å². The molecule has 2 N–H and O–H groups in total. The van der Waals surface area contributed by atoms with E-state index >= 15 is 0 Å². The molecule has 0 saturated carbocycles. The fraction of sp³-hybridized carbons (Fsp3) is 0. The minimum atomic E-state index is 0.691. The number of hydrogen-bond acceptors (Lipinski definition) is 3. The number of para-hydroxylation sites is 1. The lowest BCUT2D eigenvalue weighted by atomic mass is 10.2. The number of ether oxygens (including phenoxy) is 1. The van der Waals surface area contributed by atoms with Crippen LogP contribution in [-0.4, -0.2) is 4.98 Å². The molecule has 0 radical (unpaired) electrons. The molecule has 94 valence electrons. The maximum absolute atomic E-state index is 5.81. The highest BCUT2D eigenvalue weighted by Crippen LogP contribution is 2.31. The van der Waals surface area contributed by atoms with Crippen molar-refractivity contribution in [3.8, 4) is 11.5 Å². The predicted octanol–water partition coefficient (Wildman–Crippen LogP) is 4.37. The van der Waals surface area contributed by atoms with Crippen LogP contribution in [0.4, 0.5) is 5.69 Å². The van der Waals surface area contributed by atoms with Crippen LogP contribution in [-0.2, 0) is 0 Å². The Labute approximate surface area is 119 Å². The van der Waals surface area contributed by atoms with E-state index in [1.54, 1.807) is 12.3 Å². The Balaban J connectivity index is 1.96. The maximum Gasteiger partial charge on any atom is 0.146 e. The van der Waals surface area contributed by atoms with Crippen LogP contribution in [0.3, 0.4) is 0 Å². The van der Waals surface area contributed by atoms with Gasteiger partial charge in [-0.05, 0) is 46.3 Å². The summed E-state index contributed by atoms with van der Waals surface area (Å²) in [6.45, 7) is 0.